The van der Waals surface area contributed by atoms with Gasteiger partial charge in [-0.3, -0.25) is 0 Å². The topological polar surface area (TPSA) is 21.3 Å². The van der Waals surface area contributed by atoms with Crippen LogP contribution in [0.25, 0.3) is 0 Å². The van der Waals surface area contributed by atoms with Crippen molar-refractivity contribution in [1.82, 2.24) is 5.32 Å². The first-order valence-electron chi connectivity index (χ1n) is 4.76. The van der Waals surface area contributed by atoms with Gasteiger partial charge in [0, 0.05) is 19.3 Å². The minimum absolute atomic E-state index is 0. The third-order valence-electron chi connectivity index (χ3n) is 2.61. The summed E-state index contributed by atoms with van der Waals surface area (Å²) in [5, 5.41) is 3.60. The molecule has 1 N–H and O–H groups in total. The Morgan fingerprint density at radius 1 is 1.08 bits per heavy atom. The molecule has 72 valence electrons. The van der Waals surface area contributed by atoms with Gasteiger partial charge in [0.1, 0.15) is 0 Å². The van der Waals surface area contributed by atoms with Crippen LogP contribution in [0.2, 0.25) is 0 Å². The molecule has 1 aliphatic carbocycles. The Kier molecular flexibility index (Phi) is 4.33. The smallest absolute Gasteiger partial charge is 0.0480 e. The minimum atomic E-state index is 0. The average molecular weight is 192 g/mol. The van der Waals surface area contributed by atoms with Gasteiger partial charge in [0.2, 0.25) is 0 Å². The van der Waals surface area contributed by atoms with Crippen LogP contribution in [-0.4, -0.2) is 25.8 Å². The van der Waals surface area contributed by atoms with Crippen molar-refractivity contribution in [3.05, 3.63) is 0 Å². The maximum Gasteiger partial charge on any atom is 0.0480 e. The fraction of sp³-hybridized carbons (Fsp3) is 1.00. The molecule has 0 aromatic heterocycles. The van der Waals surface area contributed by atoms with Crippen LogP contribution in [0, 0.1) is 5.92 Å². The molecular weight excluding hydrogens is 174 g/mol. The average Bonchev–Trinajstić information content (AvgIpc) is 2.86. The fourth-order valence-corrected chi connectivity index (χ4v) is 1.56. The highest BCUT2D eigenvalue weighted by Crippen LogP contribution is 2.28. The van der Waals surface area contributed by atoms with Gasteiger partial charge in [0.25, 0.3) is 0 Å². The standard InChI is InChI=1S/C9H17NO.ClH/c1-2-8(1)7-10-9-3-5-11-6-4-9;/h8-10H,1-7H2;1H. The van der Waals surface area contributed by atoms with Crippen molar-refractivity contribution in [2.45, 2.75) is 31.7 Å². The van der Waals surface area contributed by atoms with Crippen molar-refractivity contribution in [3.8, 4) is 0 Å². The normalized spacial score (nSPS) is 25.0. The Labute approximate surface area is 80.5 Å². The highest BCUT2D eigenvalue weighted by Gasteiger charge is 2.22. The monoisotopic (exact) mass is 191 g/mol. The number of hydrogen-bond donors (Lipinski definition) is 1. The third-order valence-corrected chi connectivity index (χ3v) is 2.61. The molecule has 1 saturated carbocycles. The van der Waals surface area contributed by atoms with E-state index in [1.807, 2.05) is 0 Å². The molecule has 0 aromatic carbocycles. The molecule has 2 fully saturated rings. The van der Waals surface area contributed by atoms with Crippen LogP contribution in [-0.2, 0) is 4.74 Å². The quantitative estimate of drug-likeness (QED) is 0.732. The minimum Gasteiger partial charge on any atom is -0.381 e. The Hall–Kier alpha value is 0.210. The van der Waals surface area contributed by atoms with Crippen LogP contribution in [0.3, 0.4) is 0 Å². The Bertz CT molecular complexity index is 122. The van der Waals surface area contributed by atoms with Crippen molar-refractivity contribution in [3.63, 3.8) is 0 Å². The molecular formula is C9H18ClNO. The van der Waals surface area contributed by atoms with E-state index in [1.54, 1.807) is 0 Å². The van der Waals surface area contributed by atoms with Crippen LogP contribution in [0.4, 0.5) is 0 Å². The lowest BCUT2D eigenvalue weighted by Crippen LogP contribution is -2.35. The summed E-state index contributed by atoms with van der Waals surface area (Å²) in [4.78, 5) is 0. The van der Waals surface area contributed by atoms with Gasteiger partial charge >= 0.3 is 0 Å². The summed E-state index contributed by atoms with van der Waals surface area (Å²) >= 11 is 0. The molecule has 1 aliphatic heterocycles. The highest BCUT2D eigenvalue weighted by atomic mass is 35.5. The molecule has 1 saturated heterocycles. The van der Waals surface area contributed by atoms with Gasteiger partial charge < -0.3 is 10.1 Å². The van der Waals surface area contributed by atoms with Crippen LogP contribution in [0.5, 0.6) is 0 Å². The first-order chi connectivity index (χ1) is 5.45. The Balaban J connectivity index is 0.000000720. The van der Waals surface area contributed by atoms with Crippen LogP contribution in [0.1, 0.15) is 25.7 Å². The highest BCUT2D eigenvalue weighted by molar-refractivity contribution is 5.85. The summed E-state index contributed by atoms with van der Waals surface area (Å²) in [6.45, 7) is 3.18. The van der Waals surface area contributed by atoms with E-state index >= 15 is 0 Å². The van der Waals surface area contributed by atoms with E-state index < -0.39 is 0 Å². The van der Waals surface area contributed by atoms with Crippen LogP contribution in [0.15, 0.2) is 0 Å². The van der Waals surface area contributed by atoms with E-state index in [9.17, 15) is 0 Å². The van der Waals surface area contributed by atoms with Crippen LogP contribution >= 0.6 is 12.4 Å². The summed E-state index contributed by atoms with van der Waals surface area (Å²) < 4.78 is 5.28. The second-order valence-corrected chi connectivity index (χ2v) is 3.74. The number of nitrogens with one attached hydrogen (secondary N) is 1. The first-order valence-corrected chi connectivity index (χ1v) is 4.76. The van der Waals surface area contributed by atoms with Gasteiger partial charge in [0.05, 0.1) is 0 Å². The van der Waals surface area contributed by atoms with E-state index in [-0.39, 0.29) is 12.4 Å². The SMILES string of the molecule is C1CC(NCC2CC2)CCO1.Cl. The van der Waals surface area contributed by atoms with E-state index in [4.69, 9.17) is 4.74 Å². The molecule has 12 heavy (non-hydrogen) atoms. The van der Waals surface area contributed by atoms with Crippen molar-refractivity contribution in [2.75, 3.05) is 19.8 Å². The van der Waals surface area contributed by atoms with Crippen molar-refractivity contribution < 1.29 is 4.74 Å². The van der Waals surface area contributed by atoms with Crippen molar-refractivity contribution in [1.29, 1.82) is 0 Å². The molecule has 0 spiro atoms. The van der Waals surface area contributed by atoms with Crippen LogP contribution < -0.4 is 5.32 Å². The zero-order chi connectivity index (χ0) is 7.52. The Morgan fingerprint density at radius 2 is 1.75 bits per heavy atom. The first kappa shape index (κ1) is 10.3. The van der Waals surface area contributed by atoms with Gasteiger partial charge in [0.15, 0.2) is 0 Å². The second kappa shape index (κ2) is 5.05. The molecule has 0 aromatic rings. The second-order valence-electron chi connectivity index (χ2n) is 3.74. The zero-order valence-electron chi connectivity index (χ0n) is 7.42. The molecule has 1 heterocycles. The molecule has 0 atom stereocenters. The molecule has 0 unspecified atom stereocenters. The Morgan fingerprint density at radius 3 is 2.33 bits per heavy atom. The number of ether oxygens (including phenoxy) is 1. The van der Waals surface area contributed by atoms with E-state index in [1.165, 1.54) is 32.2 Å². The zero-order valence-corrected chi connectivity index (χ0v) is 8.24. The maximum absolute atomic E-state index is 5.28. The van der Waals surface area contributed by atoms with Gasteiger partial charge in [-0.15, -0.1) is 12.4 Å². The summed E-state index contributed by atoms with van der Waals surface area (Å²) in [6.07, 6.45) is 5.34. The molecule has 2 aliphatic rings. The number of hydrogen-bond acceptors (Lipinski definition) is 2. The lowest BCUT2D eigenvalue weighted by atomic mass is 10.1. The van der Waals surface area contributed by atoms with Crippen molar-refractivity contribution in [2.24, 2.45) is 5.92 Å². The predicted octanol–water partition coefficient (Wildman–Crippen LogP) is 1.59. The molecule has 3 heteroatoms. The number of halogens is 1. The molecule has 2 rings (SSSR count). The molecule has 0 bridgehead atoms. The summed E-state index contributed by atoms with van der Waals surface area (Å²) in [7, 11) is 0. The van der Waals surface area contributed by atoms with E-state index in [0.29, 0.717) is 0 Å². The number of rotatable bonds is 3. The predicted molar refractivity (Wildman–Crippen MR) is 51.8 cm³/mol. The summed E-state index contributed by atoms with van der Waals surface area (Å²) in [6, 6.07) is 0.754. The van der Waals surface area contributed by atoms with Crippen molar-refractivity contribution >= 4 is 12.4 Å². The lowest BCUT2D eigenvalue weighted by molar-refractivity contribution is 0.0778. The summed E-state index contributed by atoms with van der Waals surface area (Å²) in [5.74, 6) is 1.01. The molecule has 2 nitrogen and oxygen atoms in total. The van der Waals surface area contributed by atoms with Gasteiger partial charge in [-0.2, -0.15) is 0 Å². The molecule has 0 radical (unpaired) electrons. The summed E-state index contributed by atoms with van der Waals surface area (Å²) in [5.41, 5.74) is 0. The fourth-order valence-electron chi connectivity index (χ4n) is 1.56. The third kappa shape index (κ3) is 3.30. The van der Waals surface area contributed by atoms with E-state index in [2.05, 4.69) is 5.32 Å². The largest absolute Gasteiger partial charge is 0.381 e. The van der Waals surface area contributed by atoms with Gasteiger partial charge in [-0.1, -0.05) is 0 Å². The van der Waals surface area contributed by atoms with Gasteiger partial charge in [-0.05, 0) is 38.1 Å². The van der Waals surface area contributed by atoms with Gasteiger partial charge in [-0.25, -0.2) is 0 Å². The van der Waals surface area contributed by atoms with E-state index in [0.717, 1.165) is 25.2 Å². The maximum atomic E-state index is 5.28. The molecule has 0 amide bonds. The lowest BCUT2D eigenvalue weighted by Gasteiger charge is -2.23.